The summed E-state index contributed by atoms with van der Waals surface area (Å²) in [6.45, 7) is 0.539. The standard InChI is InChI=1S/C24H24N2O2/c1-26(2)20(17-10-4-3-5-11-17)16-25-24(27)23-18-12-6-8-14-21(18)28-22-15-9-7-13-19(22)23/h3-15,20,23H,16H2,1-2H3,(H,25,27)/t20-/m0/s1. The molecule has 3 aromatic rings. The number of benzene rings is 3. The number of carbonyl (C=O) groups excluding carboxylic acids is 1. The lowest BCUT2D eigenvalue weighted by Gasteiger charge is -2.29. The van der Waals surface area contributed by atoms with Crippen molar-refractivity contribution >= 4 is 5.91 Å². The van der Waals surface area contributed by atoms with Crippen LogP contribution in [0.2, 0.25) is 0 Å². The lowest BCUT2D eigenvalue weighted by atomic mass is 9.87. The van der Waals surface area contributed by atoms with E-state index in [1.54, 1.807) is 0 Å². The maximum Gasteiger partial charge on any atom is 0.232 e. The van der Waals surface area contributed by atoms with E-state index in [4.69, 9.17) is 4.74 Å². The van der Waals surface area contributed by atoms with Gasteiger partial charge < -0.3 is 15.0 Å². The zero-order valence-corrected chi connectivity index (χ0v) is 16.1. The van der Waals surface area contributed by atoms with Crippen LogP contribution in [0.5, 0.6) is 11.5 Å². The maximum atomic E-state index is 13.3. The van der Waals surface area contributed by atoms with Crippen LogP contribution in [-0.2, 0) is 4.79 Å². The van der Waals surface area contributed by atoms with Gasteiger partial charge in [-0.3, -0.25) is 4.79 Å². The van der Waals surface area contributed by atoms with Gasteiger partial charge in [-0.2, -0.15) is 0 Å². The second-order valence-corrected chi connectivity index (χ2v) is 7.25. The molecule has 0 radical (unpaired) electrons. The van der Waals surface area contributed by atoms with Crippen molar-refractivity contribution in [3.8, 4) is 11.5 Å². The molecule has 0 bridgehead atoms. The third-order valence-electron chi connectivity index (χ3n) is 5.22. The lowest BCUT2D eigenvalue weighted by molar-refractivity contribution is -0.122. The second-order valence-electron chi connectivity index (χ2n) is 7.25. The summed E-state index contributed by atoms with van der Waals surface area (Å²) < 4.78 is 6.00. The van der Waals surface area contributed by atoms with Gasteiger partial charge in [-0.05, 0) is 31.8 Å². The topological polar surface area (TPSA) is 41.6 Å². The lowest BCUT2D eigenvalue weighted by Crippen LogP contribution is -2.38. The number of fused-ring (bicyclic) bond motifs is 2. The molecule has 0 saturated carbocycles. The molecular weight excluding hydrogens is 348 g/mol. The molecule has 0 saturated heterocycles. The van der Waals surface area contributed by atoms with Crippen LogP contribution in [0.3, 0.4) is 0 Å². The third kappa shape index (κ3) is 3.51. The van der Waals surface area contributed by atoms with Crippen LogP contribution < -0.4 is 10.1 Å². The Bertz CT molecular complexity index is 924. The van der Waals surface area contributed by atoms with Crippen molar-refractivity contribution in [2.75, 3.05) is 20.6 Å². The Balaban J connectivity index is 1.60. The SMILES string of the molecule is CN(C)[C@@H](CNC(=O)C1c2ccccc2Oc2ccccc21)c1ccccc1. The van der Waals surface area contributed by atoms with E-state index >= 15 is 0 Å². The quantitative estimate of drug-likeness (QED) is 0.724. The fraction of sp³-hybridized carbons (Fsp3) is 0.208. The highest BCUT2D eigenvalue weighted by Crippen LogP contribution is 2.43. The Hall–Kier alpha value is -3.11. The van der Waals surface area contributed by atoms with Crippen LogP contribution in [-0.4, -0.2) is 31.4 Å². The Morgan fingerprint density at radius 3 is 2.00 bits per heavy atom. The van der Waals surface area contributed by atoms with Crippen molar-refractivity contribution in [3.63, 3.8) is 0 Å². The highest BCUT2D eigenvalue weighted by Gasteiger charge is 2.32. The normalized spacial score (nSPS) is 14.0. The predicted octanol–water partition coefficient (Wildman–Crippen LogP) is 4.34. The van der Waals surface area contributed by atoms with Crippen molar-refractivity contribution < 1.29 is 9.53 Å². The summed E-state index contributed by atoms with van der Waals surface area (Å²) in [5.41, 5.74) is 2.99. The average molecular weight is 372 g/mol. The summed E-state index contributed by atoms with van der Waals surface area (Å²) in [6.07, 6.45) is 0. The molecular formula is C24H24N2O2. The first-order valence-electron chi connectivity index (χ1n) is 9.50. The minimum Gasteiger partial charge on any atom is -0.457 e. The van der Waals surface area contributed by atoms with E-state index in [2.05, 4.69) is 22.3 Å². The predicted molar refractivity (Wildman–Crippen MR) is 111 cm³/mol. The number of nitrogens with zero attached hydrogens (tertiary/aromatic N) is 1. The Morgan fingerprint density at radius 1 is 0.893 bits per heavy atom. The third-order valence-corrected chi connectivity index (χ3v) is 5.22. The van der Waals surface area contributed by atoms with Gasteiger partial charge in [0.05, 0.1) is 12.0 Å². The molecule has 0 aromatic heterocycles. The van der Waals surface area contributed by atoms with E-state index in [-0.39, 0.29) is 17.9 Å². The van der Waals surface area contributed by atoms with Gasteiger partial charge in [0.1, 0.15) is 11.5 Å². The van der Waals surface area contributed by atoms with Gasteiger partial charge in [-0.15, -0.1) is 0 Å². The molecule has 1 aliphatic rings. The molecule has 1 amide bonds. The summed E-state index contributed by atoms with van der Waals surface area (Å²) in [4.78, 5) is 15.4. The first kappa shape index (κ1) is 18.3. The Morgan fingerprint density at radius 2 is 1.43 bits per heavy atom. The summed E-state index contributed by atoms with van der Waals surface area (Å²) in [5.74, 6) is 1.10. The molecule has 4 rings (SSSR count). The van der Waals surface area contributed by atoms with E-state index in [0.717, 1.165) is 22.6 Å². The van der Waals surface area contributed by atoms with E-state index in [9.17, 15) is 4.79 Å². The van der Waals surface area contributed by atoms with Crippen LogP contribution in [0.15, 0.2) is 78.9 Å². The van der Waals surface area contributed by atoms with Crippen LogP contribution in [0.25, 0.3) is 0 Å². The molecule has 1 heterocycles. The van der Waals surface area contributed by atoms with Crippen LogP contribution in [0.1, 0.15) is 28.7 Å². The van der Waals surface area contributed by atoms with Crippen LogP contribution >= 0.6 is 0 Å². The number of likely N-dealkylation sites (N-methyl/N-ethyl adjacent to an activating group) is 1. The molecule has 1 N–H and O–H groups in total. The Kier molecular flexibility index (Phi) is 5.13. The monoisotopic (exact) mass is 372 g/mol. The van der Waals surface area contributed by atoms with Crippen molar-refractivity contribution in [1.29, 1.82) is 0 Å². The van der Waals surface area contributed by atoms with Crippen molar-refractivity contribution in [1.82, 2.24) is 10.2 Å². The molecule has 4 nitrogen and oxygen atoms in total. The molecule has 0 unspecified atom stereocenters. The first-order valence-corrected chi connectivity index (χ1v) is 9.50. The molecule has 1 atom stereocenters. The maximum absolute atomic E-state index is 13.3. The van der Waals surface area contributed by atoms with E-state index in [1.807, 2.05) is 80.8 Å². The van der Waals surface area contributed by atoms with Gasteiger partial charge in [-0.25, -0.2) is 0 Å². The number of para-hydroxylation sites is 2. The molecule has 0 spiro atoms. The number of nitrogens with one attached hydrogen (secondary N) is 1. The summed E-state index contributed by atoms with van der Waals surface area (Å²) in [7, 11) is 4.06. The molecule has 142 valence electrons. The second kappa shape index (κ2) is 7.87. The summed E-state index contributed by atoms with van der Waals surface area (Å²) in [6, 6.07) is 25.9. The minimum absolute atomic E-state index is 0.00835. The van der Waals surface area contributed by atoms with E-state index in [1.165, 1.54) is 5.56 Å². The number of carbonyl (C=O) groups is 1. The average Bonchev–Trinajstić information content (AvgIpc) is 2.72. The highest BCUT2D eigenvalue weighted by molar-refractivity contribution is 5.89. The fourth-order valence-electron chi connectivity index (χ4n) is 3.77. The van der Waals surface area contributed by atoms with Gasteiger partial charge in [-0.1, -0.05) is 66.7 Å². The molecule has 28 heavy (non-hydrogen) atoms. The van der Waals surface area contributed by atoms with Gasteiger partial charge in [0, 0.05) is 17.7 Å². The van der Waals surface area contributed by atoms with E-state index in [0.29, 0.717) is 6.54 Å². The molecule has 4 heteroatoms. The van der Waals surface area contributed by atoms with Crippen molar-refractivity contribution in [3.05, 3.63) is 95.6 Å². The number of ether oxygens (including phenoxy) is 1. The zero-order chi connectivity index (χ0) is 19.5. The van der Waals surface area contributed by atoms with Crippen molar-refractivity contribution in [2.45, 2.75) is 12.0 Å². The zero-order valence-electron chi connectivity index (χ0n) is 16.1. The van der Waals surface area contributed by atoms with Crippen LogP contribution in [0, 0.1) is 0 Å². The first-order chi connectivity index (χ1) is 13.6. The molecule has 1 aliphatic heterocycles. The molecule has 0 fully saturated rings. The fourth-order valence-corrected chi connectivity index (χ4v) is 3.77. The number of hydrogen-bond donors (Lipinski definition) is 1. The highest BCUT2D eigenvalue weighted by atomic mass is 16.5. The summed E-state index contributed by atoms with van der Waals surface area (Å²) >= 11 is 0. The van der Waals surface area contributed by atoms with E-state index < -0.39 is 0 Å². The number of amides is 1. The molecule has 3 aromatic carbocycles. The number of hydrogen-bond acceptors (Lipinski definition) is 3. The molecule has 0 aliphatic carbocycles. The van der Waals surface area contributed by atoms with Crippen molar-refractivity contribution in [2.24, 2.45) is 0 Å². The minimum atomic E-state index is -0.375. The largest absolute Gasteiger partial charge is 0.457 e. The van der Waals surface area contributed by atoms with Gasteiger partial charge in [0.2, 0.25) is 5.91 Å². The van der Waals surface area contributed by atoms with Crippen LogP contribution in [0.4, 0.5) is 0 Å². The smallest absolute Gasteiger partial charge is 0.232 e. The van der Waals surface area contributed by atoms with Gasteiger partial charge >= 0.3 is 0 Å². The van der Waals surface area contributed by atoms with Gasteiger partial charge in [0.15, 0.2) is 0 Å². The summed E-state index contributed by atoms with van der Waals surface area (Å²) in [5, 5.41) is 3.18. The Labute approximate surface area is 165 Å². The van der Waals surface area contributed by atoms with Gasteiger partial charge in [0.25, 0.3) is 0 Å². The number of rotatable bonds is 5.